The number of nitrogens with zero attached hydrogens (tertiary/aromatic N) is 4. The molecule has 2 fully saturated rings. The minimum absolute atomic E-state index is 0.00324. The van der Waals surface area contributed by atoms with Gasteiger partial charge in [0, 0.05) is 94.4 Å². The zero-order valence-corrected chi connectivity index (χ0v) is 50.2. The predicted octanol–water partition coefficient (Wildman–Crippen LogP) is 3.42. The van der Waals surface area contributed by atoms with Gasteiger partial charge >= 0.3 is 0 Å². The molecule has 470 valence electrons. The standard InChI is InChI=1S/C63H80N6O18/c1-36-25-49-62(81)68-47-31-53(42(35-70)29-45(47)60(79)66(49)33-36)86-21-9-8-10-22-87-55-32-48-46(30-54(55)83-7)61(80)67-34-37(2)26-50(67)63(82)69(48)59(78)39(4)28-52(74)41(6)65-57(76)18-24-85-20-12-14-44(72)16-15-43(71)13-11-19-84-23-17-56(75)64-40(5)51(73)27-38(3)58(68)77/h29-32,38-41,49-50,62-63,70,81-82H,1-2,8-14,17-28,33-35H2,3-7H3,(H,64,75)(H,65,76)/t38?,39?,40?,41?,49-,50-,62-,63-/m0/s1. The lowest BCUT2D eigenvalue weighted by atomic mass is 9.97. The summed E-state index contributed by atoms with van der Waals surface area (Å²) in [6.07, 6.45) is -1.71. The van der Waals surface area contributed by atoms with E-state index in [4.69, 9.17) is 23.7 Å². The van der Waals surface area contributed by atoms with Crippen LogP contribution >= 0.6 is 0 Å². The molecule has 6 amide bonds. The van der Waals surface area contributed by atoms with Crippen LogP contribution in [-0.2, 0) is 54.4 Å². The fourth-order valence-electron chi connectivity index (χ4n) is 11.1. The average Bonchev–Trinajstić information content (AvgIpc) is 1.68. The maximum atomic E-state index is 14.6. The number of Topliss-reactive ketones (excluding diaryl/α,β-unsaturated/α-hetero) is 4. The fourth-order valence-corrected chi connectivity index (χ4v) is 11.1. The molecule has 0 saturated carbocycles. The summed E-state index contributed by atoms with van der Waals surface area (Å²) < 4.78 is 29.2. The third-order valence-corrected chi connectivity index (χ3v) is 16.0. The van der Waals surface area contributed by atoms with E-state index in [1.54, 1.807) is 0 Å². The first-order chi connectivity index (χ1) is 41.5. The summed E-state index contributed by atoms with van der Waals surface area (Å²) in [6.45, 7) is 14.1. The number of amides is 6. The number of carbonyl (C=O) groups excluding carboxylic acids is 10. The van der Waals surface area contributed by atoms with Gasteiger partial charge in [-0.3, -0.25) is 57.7 Å². The second kappa shape index (κ2) is 30.7. The quantitative estimate of drug-likeness (QED) is 0.163. The minimum atomic E-state index is -1.58. The number of methoxy groups -OCH3 is 1. The van der Waals surface area contributed by atoms with Gasteiger partial charge < -0.3 is 59.4 Å². The summed E-state index contributed by atoms with van der Waals surface area (Å²) in [4.78, 5) is 140. The minimum Gasteiger partial charge on any atom is -0.493 e. The zero-order chi connectivity index (χ0) is 63.2. The number of hydrogen-bond donors (Lipinski definition) is 5. The van der Waals surface area contributed by atoms with E-state index in [2.05, 4.69) is 35.6 Å². The summed E-state index contributed by atoms with van der Waals surface area (Å²) in [5.74, 6) is -2.26. The van der Waals surface area contributed by atoms with Crippen LogP contribution in [0.4, 0.5) is 11.4 Å². The van der Waals surface area contributed by atoms with Crippen LogP contribution in [0, 0.1) is 23.7 Å². The Morgan fingerprint density at radius 3 is 1.45 bits per heavy atom. The van der Waals surface area contributed by atoms with Crippen LogP contribution in [0.15, 0.2) is 48.6 Å². The fraction of sp³-hybridized carbons (Fsp3) is 0.556. The van der Waals surface area contributed by atoms with Crippen LogP contribution in [-0.4, -0.2) is 180 Å². The van der Waals surface area contributed by atoms with Crippen molar-refractivity contribution in [3.05, 3.63) is 65.3 Å². The van der Waals surface area contributed by atoms with Gasteiger partial charge in [-0.15, -0.1) is 0 Å². The molecule has 5 aliphatic rings. The van der Waals surface area contributed by atoms with Crippen molar-refractivity contribution in [3.63, 3.8) is 0 Å². The van der Waals surface area contributed by atoms with Crippen LogP contribution < -0.4 is 34.6 Å². The number of aliphatic hydroxyl groups excluding tert-OH is 3. The Hall–Kier alpha value is -7.82. The molecule has 5 N–H and O–H groups in total. The zero-order valence-electron chi connectivity index (χ0n) is 50.2. The van der Waals surface area contributed by atoms with Crippen molar-refractivity contribution in [2.24, 2.45) is 11.8 Å². The third kappa shape index (κ3) is 16.6. The number of aliphatic hydroxyl groups is 3. The Kier molecular flexibility index (Phi) is 23.5. The molecule has 0 aromatic heterocycles. The van der Waals surface area contributed by atoms with Gasteiger partial charge in [0.25, 0.3) is 11.8 Å². The molecule has 7 rings (SSSR count). The molecule has 8 atom stereocenters. The highest BCUT2D eigenvalue weighted by Gasteiger charge is 2.48. The number of benzene rings is 2. The SMILES string of the molecule is C=C1C[C@H]2[C@H](O)N3C(=O)C(C)CC(=O)C(C)NC(=O)CCOCCCC(=O)C#CC(=O)CCCOCCC(=O)NC(C)C(=O)CC(C)C(=O)N4c5cc(c(OC)cc5C(=O)N5CC(=C)C[C@H]5[C@@H]4O)OCCCCCOc4cc3c(cc4CO)C(=O)N2C1. The Bertz CT molecular complexity index is 2880. The molecule has 4 bridgehead atoms. The summed E-state index contributed by atoms with van der Waals surface area (Å²) >= 11 is 0. The van der Waals surface area contributed by atoms with Crippen LogP contribution in [0.2, 0.25) is 0 Å². The van der Waals surface area contributed by atoms with Crippen LogP contribution in [0.3, 0.4) is 0 Å². The molecule has 24 nitrogen and oxygen atoms in total. The maximum Gasteiger partial charge on any atom is 0.256 e. The van der Waals surface area contributed by atoms with E-state index in [9.17, 15) is 63.3 Å². The first kappa shape index (κ1) is 66.7. The van der Waals surface area contributed by atoms with Gasteiger partial charge in [0.2, 0.25) is 35.2 Å². The molecule has 5 heterocycles. The number of fused-ring (bicyclic) bond motifs is 4. The number of hydrogen-bond acceptors (Lipinski definition) is 18. The Labute approximate surface area is 505 Å². The van der Waals surface area contributed by atoms with E-state index in [1.165, 1.54) is 68.9 Å². The summed E-state index contributed by atoms with van der Waals surface area (Å²) in [7, 11) is 1.39. The lowest BCUT2D eigenvalue weighted by molar-refractivity contribution is -0.131. The van der Waals surface area contributed by atoms with Crippen molar-refractivity contribution in [3.8, 4) is 29.1 Å². The van der Waals surface area contributed by atoms with Gasteiger partial charge in [0.05, 0.1) is 86.8 Å². The molecule has 0 aliphatic carbocycles. The second-order valence-corrected chi connectivity index (χ2v) is 22.8. The van der Waals surface area contributed by atoms with Crippen molar-refractivity contribution in [2.45, 2.75) is 154 Å². The van der Waals surface area contributed by atoms with Gasteiger partial charge in [-0.1, -0.05) is 38.2 Å². The summed E-state index contributed by atoms with van der Waals surface area (Å²) in [5, 5.41) is 39.9. The van der Waals surface area contributed by atoms with Gasteiger partial charge in [-0.05, 0) is 82.8 Å². The predicted molar refractivity (Wildman–Crippen MR) is 314 cm³/mol. The van der Waals surface area contributed by atoms with Crippen molar-refractivity contribution in [1.82, 2.24) is 20.4 Å². The van der Waals surface area contributed by atoms with E-state index >= 15 is 0 Å². The average molecular weight is 1210 g/mol. The molecule has 0 spiro atoms. The molecule has 87 heavy (non-hydrogen) atoms. The van der Waals surface area contributed by atoms with Crippen LogP contribution in [0.1, 0.15) is 137 Å². The van der Waals surface area contributed by atoms with Crippen molar-refractivity contribution >= 4 is 70.0 Å². The topological polar surface area (TPSA) is 315 Å². The van der Waals surface area contributed by atoms with E-state index in [0.717, 1.165) is 9.80 Å². The number of ether oxygens (including phenoxy) is 5. The molecule has 0 radical (unpaired) electrons. The Balaban J connectivity index is 1.09. The number of rotatable bonds is 2. The third-order valence-electron chi connectivity index (χ3n) is 16.0. The highest BCUT2D eigenvalue weighted by atomic mass is 16.5. The smallest absolute Gasteiger partial charge is 0.256 e. The first-order valence-corrected chi connectivity index (χ1v) is 29.6. The lowest BCUT2D eigenvalue weighted by Crippen LogP contribution is -2.52. The Morgan fingerprint density at radius 2 is 1.00 bits per heavy atom. The molecule has 2 aromatic rings. The van der Waals surface area contributed by atoms with Crippen LogP contribution in [0.25, 0.3) is 0 Å². The van der Waals surface area contributed by atoms with E-state index in [0.29, 0.717) is 30.4 Å². The molecule has 24 heteroatoms. The van der Waals surface area contributed by atoms with Gasteiger partial charge in [-0.25, -0.2) is 0 Å². The number of anilines is 2. The van der Waals surface area contributed by atoms with Gasteiger partial charge in [0.1, 0.15) is 5.75 Å². The number of ketones is 4. The van der Waals surface area contributed by atoms with Crippen molar-refractivity contribution in [2.75, 3.05) is 69.6 Å². The number of nitrogens with one attached hydrogen (secondary N) is 2. The highest BCUT2D eigenvalue weighted by Crippen LogP contribution is 2.44. The van der Waals surface area contributed by atoms with Crippen molar-refractivity contribution < 1.29 is 86.9 Å². The lowest BCUT2D eigenvalue weighted by Gasteiger charge is -2.34. The second-order valence-electron chi connectivity index (χ2n) is 22.8. The van der Waals surface area contributed by atoms with Crippen LogP contribution in [0.5, 0.6) is 17.2 Å². The van der Waals surface area contributed by atoms with E-state index in [1.807, 2.05) is 0 Å². The highest BCUT2D eigenvalue weighted by molar-refractivity contribution is 6.10. The Morgan fingerprint density at radius 1 is 0.563 bits per heavy atom. The van der Waals surface area contributed by atoms with Gasteiger partial charge in [-0.2, -0.15) is 0 Å². The summed E-state index contributed by atoms with van der Waals surface area (Å²) in [5.41, 5.74) is 1.66. The molecule has 5 aliphatic heterocycles. The largest absolute Gasteiger partial charge is 0.493 e. The molecule has 2 saturated heterocycles. The number of carbonyl (C=O) groups is 10. The maximum absolute atomic E-state index is 14.6. The molecular weight excluding hydrogens is 1130 g/mol. The molecular formula is C63H80N6O18. The monoisotopic (exact) mass is 1210 g/mol. The molecule has 2 aromatic carbocycles. The van der Waals surface area contributed by atoms with E-state index < -0.39 is 114 Å². The van der Waals surface area contributed by atoms with Gasteiger partial charge in [0.15, 0.2) is 35.5 Å². The van der Waals surface area contributed by atoms with E-state index in [-0.39, 0.29) is 162 Å². The summed E-state index contributed by atoms with van der Waals surface area (Å²) in [6, 6.07) is 1.97. The first-order valence-electron chi connectivity index (χ1n) is 29.6. The normalized spacial score (nSPS) is 26.6. The van der Waals surface area contributed by atoms with Crippen molar-refractivity contribution in [1.29, 1.82) is 0 Å². The molecule has 4 unspecified atom stereocenters.